The minimum atomic E-state index is -1.47. The molecule has 0 aromatic carbocycles. The standard InChI is InChI=1S/C32H53NO10/c1-16(4-7-24(36)33-14-25(37)38)19-5-6-20-26-21(9-11-32(19,20)3)31(2)10-8-18(12-17(31)13-22(26)35)42-30-29(41)28(40)27(39)23(15-34)43-30/h16-23,26-30,34-35,39-41H,4-15H2,1-3H3,(H,33,36)(H,37,38)/t16-,17+,18-,19-,20+,21+,22-,23-,26+,27-,28+,29-,30-,31+,32-/m1/s1. The Kier molecular flexibility index (Phi) is 9.84. The number of aliphatic hydroxyl groups excluding tert-OH is 5. The fourth-order valence-corrected chi connectivity index (χ4v) is 10.5. The van der Waals surface area contributed by atoms with Crippen molar-refractivity contribution in [1.29, 1.82) is 0 Å². The molecule has 0 aromatic rings. The maximum atomic E-state index is 12.2. The average molecular weight is 612 g/mol. The van der Waals surface area contributed by atoms with Crippen LogP contribution in [0.4, 0.5) is 0 Å². The molecule has 246 valence electrons. The van der Waals surface area contributed by atoms with E-state index in [1.807, 2.05) is 0 Å². The van der Waals surface area contributed by atoms with E-state index >= 15 is 0 Å². The van der Waals surface area contributed by atoms with Crippen LogP contribution in [0.1, 0.15) is 85.0 Å². The lowest BCUT2D eigenvalue weighted by Gasteiger charge is -2.62. The van der Waals surface area contributed by atoms with Crippen LogP contribution in [0.2, 0.25) is 0 Å². The van der Waals surface area contributed by atoms with E-state index in [1.54, 1.807) is 0 Å². The predicted molar refractivity (Wildman–Crippen MR) is 154 cm³/mol. The van der Waals surface area contributed by atoms with Crippen molar-refractivity contribution in [3.8, 4) is 0 Å². The molecule has 1 aliphatic heterocycles. The van der Waals surface area contributed by atoms with E-state index in [0.29, 0.717) is 36.5 Å². The minimum absolute atomic E-state index is 0.0619. The van der Waals surface area contributed by atoms with E-state index in [2.05, 4.69) is 26.1 Å². The zero-order valence-electron chi connectivity index (χ0n) is 25.8. The molecule has 0 unspecified atom stereocenters. The van der Waals surface area contributed by atoms with E-state index in [9.17, 15) is 35.1 Å². The molecule has 1 amide bonds. The molecule has 4 aliphatic carbocycles. The van der Waals surface area contributed by atoms with Gasteiger partial charge in [-0.3, -0.25) is 9.59 Å². The van der Waals surface area contributed by atoms with Gasteiger partial charge in [-0.1, -0.05) is 20.8 Å². The van der Waals surface area contributed by atoms with Crippen LogP contribution in [0.25, 0.3) is 0 Å². The number of amides is 1. The van der Waals surface area contributed by atoms with Crippen LogP contribution in [0.5, 0.6) is 0 Å². The number of hydrogen-bond donors (Lipinski definition) is 7. The molecule has 0 bridgehead atoms. The normalized spacial score (nSPS) is 48.5. The topological polar surface area (TPSA) is 186 Å². The van der Waals surface area contributed by atoms with Gasteiger partial charge in [-0.2, -0.15) is 0 Å². The first kappa shape index (κ1) is 33.0. The summed E-state index contributed by atoms with van der Waals surface area (Å²) in [5.41, 5.74) is 0.165. The average Bonchev–Trinajstić information content (AvgIpc) is 3.33. The summed E-state index contributed by atoms with van der Waals surface area (Å²) in [6.45, 7) is 6.17. The minimum Gasteiger partial charge on any atom is -0.480 e. The summed E-state index contributed by atoms with van der Waals surface area (Å²) in [5.74, 6) is 0.855. The molecule has 0 radical (unpaired) electrons. The fraction of sp³-hybridized carbons (Fsp3) is 0.938. The highest BCUT2D eigenvalue weighted by atomic mass is 16.7. The third-order valence-corrected chi connectivity index (χ3v) is 12.8. The largest absolute Gasteiger partial charge is 0.480 e. The quantitative estimate of drug-likeness (QED) is 0.188. The molecular formula is C32H53NO10. The summed E-state index contributed by atoms with van der Waals surface area (Å²) >= 11 is 0. The van der Waals surface area contributed by atoms with Gasteiger partial charge in [0.25, 0.3) is 0 Å². The first-order valence-electron chi connectivity index (χ1n) is 16.4. The smallest absolute Gasteiger partial charge is 0.322 e. The Morgan fingerprint density at radius 1 is 0.953 bits per heavy atom. The van der Waals surface area contributed by atoms with Gasteiger partial charge in [-0.15, -0.1) is 0 Å². The Balaban J connectivity index is 1.22. The zero-order valence-corrected chi connectivity index (χ0v) is 25.8. The summed E-state index contributed by atoms with van der Waals surface area (Å²) in [6, 6.07) is 0. The lowest BCUT2D eigenvalue weighted by molar-refractivity contribution is -0.317. The van der Waals surface area contributed by atoms with Crippen LogP contribution in [-0.4, -0.2) is 98.6 Å². The number of nitrogens with one attached hydrogen (secondary N) is 1. The van der Waals surface area contributed by atoms with Crippen molar-refractivity contribution >= 4 is 11.9 Å². The van der Waals surface area contributed by atoms with Crippen LogP contribution < -0.4 is 5.32 Å². The van der Waals surface area contributed by atoms with Crippen molar-refractivity contribution in [2.45, 2.75) is 128 Å². The van der Waals surface area contributed by atoms with Gasteiger partial charge in [-0.05, 0) is 104 Å². The Morgan fingerprint density at radius 2 is 1.65 bits per heavy atom. The summed E-state index contributed by atoms with van der Waals surface area (Å²) in [7, 11) is 0. The molecule has 11 heteroatoms. The highest BCUT2D eigenvalue weighted by Crippen LogP contribution is 2.68. The Hall–Kier alpha value is -1.34. The zero-order chi connectivity index (χ0) is 31.3. The molecule has 5 fully saturated rings. The van der Waals surface area contributed by atoms with Crippen molar-refractivity contribution in [3.63, 3.8) is 0 Å². The SMILES string of the molecule is C[C@H](CCC(=O)NCC(=O)O)[C@H]1CC[C@H]2[C@@H]3[C@H](O)C[C@@H]4C[C@H](O[C@@H]5O[C@H](CO)[C@@H](O)[C@H](O)[C@H]5O)CC[C@]4(C)[C@H]3CC[C@]12C. The van der Waals surface area contributed by atoms with Crippen LogP contribution in [0.15, 0.2) is 0 Å². The van der Waals surface area contributed by atoms with E-state index in [4.69, 9.17) is 14.6 Å². The Morgan fingerprint density at radius 3 is 2.35 bits per heavy atom. The van der Waals surface area contributed by atoms with Crippen molar-refractivity contribution in [2.75, 3.05) is 13.2 Å². The molecule has 5 rings (SSSR count). The summed E-state index contributed by atoms with van der Waals surface area (Å²) in [4.78, 5) is 22.9. The van der Waals surface area contributed by atoms with Crippen LogP contribution in [-0.2, 0) is 19.1 Å². The van der Waals surface area contributed by atoms with Crippen molar-refractivity contribution in [2.24, 2.45) is 46.3 Å². The molecule has 43 heavy (non-hydrogen) atoms. The maximum absolute atomic E-state index is 12.2. The molecule has 1 heterocycles. The lowest BCUT2D eigenvalue weighted by Crippen LogP contribution is -2.61. The second-order valence-corrected chi connectivity index (χ2v) is 14.9. The van der Waals surface area contributed by atoms with Crippen molar-refractivity contribution in [3.05, 3.63) is 0 Å². The summed E-state index contributed by atoms with van der Waals surface area (Å²) in [5, 5.41) is 63.3. The van der Waals surface area contributed by atoms with Gasteiger partial charge in [0, 0.05) is 6.42 Å². The Bertz CT molecular complexity index is 1010. The number of carbonyl (C=O) groups excluding carboxylic acids is 1. The maximum Gasteiger partial charge on any atom is 0.322 e. The number of fused-ring (bicyclic) bond motifs is 5. The molecular weight excluding hydrogens is 558 g/mol. The van der Waals surface area contributed by atoms with Gasteiger partial charge < -0.3 is 45.4 Å². The van der Waals surface area contributed by atoms with Gasteiger partial charge in [0.05, 0.1) is 18.8 Å². The molecule has 4 saturated carbocycles. The number of ether oxygens (including phenoxy) is 2. The number of rotatable bonds is 9. The lowest BCUT2D eigenvalue weighted by atomic mass is 9.43. The second kappa shape index (κ2) is 12.8. The Labute approximate surface area is 254 Å². The van der Waals surface area contributed by atoms with Gasteiger partial charge in [0.2, 0.25) is 5.91 Å². The second-order valence-electron chi connectivity index (χ2n) is 14.9. The number of carboxylic acid groups (broad SMARTS) is 1. The third-order valence-electron chi connectivity index (χ3n) is 12.8. The fourth-order valence-electron chi connectivity index (χ4n) is 10.5. The number of carbonyl (C=O) groups is 2. The van der Waals surface area contributed by atoms with Gasteiger partial charge >= 0.3 is 5.97 Å². The van der Waals surface area contributed by atoms with Crippen LogP contribution in [0.3, 0.4) is 0 Å². The summed E-state index contributed by atoms with van der Waals surface area (Å²) in [6.07, 6.45) is 1.43. The van der Waals surface area contributed by atoms with Gasteiger partial charge in [0.1, 0.15) is 31.0 Å². The highest BCUT2D eigenvalue weighted by Gasteiger charge is 2.63. The van der Waals surface area contributed by atoms with E-state index in [-0.39, 0.29) is 41.2 Å². The number of aliphatic hydroxyl groups is 5. The molecule has 1 saturated heterocycles. The predicted octanol–water partition coefficient (Wildman–Crippen LogP) is 1.42. The number of hydrogen-bond acceptors (Lipinski definition) is 9. The number of carboxylic acids is 1. The molecule has 7 N–H and O–H groups in total. The molecule has 0 aromatic heterocycles. The molecule has 15 atom stereocenters. The van der Waals surface area contributed by atoms with Crippen molar-refractivity contribution in [1.82, 2.24) is 5.32 Å². The molecule has 11 nitrogen and oxygen atoms in total. The number of aliphatic carboxylic acids is 1. The monoisotopic (exact) mass is 611 g/mol. The van der Waals surface area contributed by atoms with Gasteiger partial charge in [0.15, 0.2) is 6.29 Å². The first-order chi connectivity index (χ1) is 20.3. The van der Waals surface area contributed by atoms with Crippen LogP contribution >= 0.6 is 0 Å². The van der Waals surface area contributed by atoms with E-state index in [1.165, 1.54) is 0 Å². The van der Waals surface area contributed by atoms with Crippen LogP contribution in [0, 0.1) is 46.3 Å². The van der Waals surface area contributed by atoms with E-state index < -0.39 is 49.4 Å². The van der Waals surface area contributed by atoms with E-state index in [0.717, 1.165) is 51.4 Å². The van der Waals surface area contributed by atoms with Crippen molar-refractivity contribution < 1.29 is 49.7 Å². The summed E-state index contributed by atoms with van der Waals surface area (Å²) < 4.78 is 11.8. The van der Waals surface area contributed by atoms with Gasteiger partial charge in [-0.25, -0.2) is 0 Å². The molecule has 0 spiro atoms. The first-order valence-corrected chi connectivity index (χ1v) is 16.4. The molecule has 5 aliphatic rings. The third kappa shape index (κ3) is 6.12. The highest BCUT2D eigenvalue weighted by molar-refractivity contribution is 5.81.